The summed E-state index contributed by atoms with van der Waals surface area (Å²) in [6.45, 7) is 5.33. The Morgan fingerprint density at radius 3 is 3.20 bits per heavy atom. The molecule has 0 saturated carbocycles. The molecule has 0 spiro atoms. The van der Waals surface area contributed by atoms with Gasteiger partial charge in [0.25, 0.3) is 0 Å². The van der Waals surface area contributed by atoms with Crippen LogP contribution in [-0.2, 0) is 17.7 Å². The molecule has 2 aromatic heterocycles. The zero-order valence-corrected chi connectivity index (χ0v) is 11.7. The number of aromatic amines is 2. The third kappa shape index (κ3) is 3.05. The SMILES string of the molecule is CCCc1nc([C@@H]2CN(Cc3ncc[nH]3)CCO2)n[nH]1. The molecule has 0 radical (unpaired) electrons. The lowest BCUT2D eigenvalue weighted by Gasteiger charge is -2.30. The average Bonchev–Trinajstić information content (AvgIpc) is 3.11. The summed E-state index contributed by atoms with van der Waals surface area (Å²) in [6, 6.07) is 0. The van der Waals surface area contributed by atoms with E-state index in [2.05, 4.69) is 37.0 Å². The zero-order valence-electron chi connectivity index (χ0n) is 11.7. The topological polar surface area (TPSA) is 82.7 Å². The molecule has 0 aromatic carbocycles. The van der Waals surface area contributed by atoms with Crippen LogP contribution in [-0.4, -0.2) is 49.7 Å². The van der Waals surface area contributed by atoms with Crippen LogP contribution in [0.15, 0.2) is 12.4 Å². The van der Waals surface area contributed by atoms with E-state index in [4.69, 9.17) is 4.74 Å². The third-order valence-corrected chi connectivity index (χ3v) is 3.40. The number of aryl methyl sites for hydroxylation is 1. The Kier molecular flexibility index (Phi) is 4.08. The Morgan fingerprint density at radius 1 is 1.45 bits per heavy atom. The summed E-state index contributed by atoms with van der Waals surface area (Å²) in [7, 11) is 0. The first kappa shape index (κ1) is 13.3. The van der Waals surface area contributed by atoms with Crippen LogP contribution >= 0.6 is 0 Å². The largest absolute Gasteiger partial charge is 0.367 e. The molecule has 0 amide bonds. The second kappa shape index (κ2) is 6.15. The third-order valence-electron chi connectivity index (χ3n) is 3.40. The van der Waals surface area contributed by atoms with Crippen molar-refractivity contribution in [2.24, 2.45) is 0 Å². The molecular weight excluding hydrogens is 256 g/mol. The molecule has 0 unspecified atom stereocenters. The molecule has 2 aromatic rings. The van der Waals surface area contributed by atoms with Crippen molar-refractivity contribution in [3.05, 3.63) is 29.9 Å². The van der Waals surface area contributed by atoms with E-state index in [1.54, 1.807) is 6.20 Å². The molecule has 1 atom stereocenters. The minimum Gasteiger partial charge on any atom is -0.367 e. The molecule has 7 heteroatoms. The zero-order chi connectivity index (χ0) is 13.8. The van der Waals surface area contributed by atoms with Gasteiger partial charge in [-0.1, -0.05) is 6.92 Å². The van der Waals surface area contributed by atoms with Crippen LogP contribution in [0.5, 0.6) is 0 Å². The molecule has 7 nitrogen and oxygen atoms in total. The maximum atomic E-state index is 5.79. The number of hydrogen-bond acceptors (Lipinski definition) is 5. The highest BCUT2D eigenvalue weighted by Crippen LogP contribution is 2.20. The highest BCUT2D eigenvalue weighted by molar-refractivity contribution is 4.97. The van der Waals surface area contributed by atoms with Gasteiger partial charge in [0.2, 0.25) is 0 Å². The highest BCUT2D eigenvalue weighted by atomic mass is 16.5. The maximum absolute atomic E-state index is 5.79. The van der Waals surface area contributed by atoms with Crippen LogP contribution in [0.3, 0.4) is 0 Å². The quantitative estimate of drug-likeness (QED) is 0.853. The molecule has 108 valence electrons. The molecule has 1 aliphatic heterocycles. The first-order valence-electron chi connectivity index (χ1n) is 7.08. The molecule has 0 aliphatic carbocycles. The van der Waals surface area contributed by atoms with E-state index in [0.29, 0.717) is 6.61 Å². The lowest BCUT2D eigenvalue weighted by atomic mass is 10.2. The summed E-state index contributed by atoms with van der Waals surface area (Å²) in [4.78, 5) is 14.2. The van der Waals surface area contributed by atoms with Gasteiger partial charge in [0.05, 0.1) is 13.2 Å². The number of rotatable bonds is 5. The van der Waals surface area contributed by atoms with Crippen LogP contribution in [0, 0.1) is 0 Å². The number of nitrogens with one attached hydrogen (secondary N) is 2. The van der Waals surface area contributed by atoms with Crippen molar-refractivity contribution < 1.29 is 4.74 Å². The summed E-state index contributed by atoms with van der Waals surface area (Å²) in [5, 5.41) is 7.26. The number of hydrogen-bond donors (Lipinski definition) is 2. The van der Waals surface area contributed by atoms with Crippen molar-refractivity contribution in [2.45, 2.75) is 32.4 Å². The van der Waals surface area contributed by atoms with E-state index in [-0.39, 0.29) is 6.10 Å². The summed E-state index contributed by atoms with van der Waals surface area (Å²) in [5.74, 6) is 2.68. The van der Waals surface area contributed by atoms with E-state index >= 15 is 0 Å². The summed E-state index contributed by atoms with van der Waals surface area (Å²) >= 11 is 0. The van der Waals surface area contributed by atoms with Crippen LogP contribution in [0.1, 0.15) is 36.9 Å². The first-order chi connectivity index (χ1) is 9.85. The van der Waals surface area contributed by atoms with Crippen molar-refractivity contribution in [3.63, 3.8) is 0 Å². The second-order valence-electron chi connectivity index (χ2n) is 5.02. The average molecular weight is 276 g/mol. The van der Waals surface area contributed by atoms with Crippen molar-refractivity contribution in [3.8, 4) is 0 Å². The standard InChI is InChI=1S/C13H20N6O/c1-2-3-11-16-13(18-17-11)10-8-19(6-7-20-10)9-12-14-4-5-15-12/h4-5,10H,2-3,6-9H2,1H3,(H,14,15)(H,16,17,18)/t10-/m0/s1. The van der Waals surface area contributed by atoms with Gasteiger partial charge in [0.15, 0.2) is 5.82 Å². The van der Waals surface area contributed by atoms with Crippen LogP contribution in [0.25, 0.3) is 0 Å². The van der Waals surface area contributed by atoms with Crippen LogP contribution in [0.4, 0.5) is 0 Å². The first-order valence-corrected chi connectivity index (χ1v) is 7.08. The second-order valence-corrected chi connectivity index (χ2v) is 5.02. The number of aromatic nitrogens is 5. The number of nitrogens with zero attached hydrogens (tertiary/aromatic N) is 4. The van der Waals surface area contributed by atoms with Gasteiger partial charge in [-0.2, -0.15) is 5.10 Å². The Morgan fingerprint density at radius 2 is 2.40 bits per heavy atom. The highest BCUT2D eigenvalue weighted by Gasteiger charge is 2.25. The normalized spacial score (nSPS) is 20.4. The molecule has 20 heavy (non-hydrogen) atoms. The Labute approximate surface area is 117 Å². The fourth-order valence-corrected chi connectivity index (χ4v) is 2.40. The van der Waals surface area contributed by atoms with Gasteiger partial charge in [0.1, 0.15) is 17.8 Å². The van der Waals surface area contributed by atoms with Gasteiger partial charge in [-0.05, 0) is 6.42 Å². The number of morpholine rings is 1. The van der Waals surface area contributed by atoms with Crippen molar-refractivity contribution in [2.75, 3.05) is 19.7 Å². The minimum atomic E-state index is -0.0550. The van der Waals surface area contributed by atoms with Crippen LogP contribution in [0.2, 0.25) is 0 Å². The molecule has 1 saturated heterocycles. The number of ether oxygens (including phenoxy) is 1. The van der Waals surface area contributed by atoms with Gasteiger partial charge < -0.3 is 9.72 Å². The smallest absolute Gasteiger partial charge is 0.180 e. The Hall–Kier alpha value is -1.73. The predicted octanol–water partition coefficient (Wildman–Crippen LogP) is 1.05. The Balaban J connectivity index is 1.62. The molecule has 0 bridgehead atoms. The summed E-state index contributed by atoms with van der Waals surface area (Å²) in [5.41, 5.74) is 0. The minimum absolute atomic E-state index is 0.0550. The summed E-state index contributed by atoms with van der Waals surface area (Å²) in [6.07, 6.45) is 5.56. The lowest BCUT2D eigenvalue weighted by Crippen LogP contribution is -2.38. The van der Waals surface area contributed by atoms with Gasteiger partial charge in [-0.3, -0.25) is 10.00 Å². The van der Waals surface area contributed by atoms with E-state index < -0.39 is 0 Å². The van der Waals surface area contributed by atoms with E-state index in [1.807, 2.05) is 6.20 Å². The van der Waals surface area contributed by atoms with Gasteiger partial charge in [-0.15, -0.1) is 0 Å². The fourth-order valence-electron chi connectivity index (χ4n) is 2.40. The summed E-state index contributed by atoms with van der Waals surface area (Å²) < 4.78 is 5.79. The van der Waals surface area contributed by atoms with Gasteiger partial charge in [0, 0.05) is 31.9 Å². The van der Waals surface area contributed by atoms with Crippen molar-refractivity contribution in [1.82, 2.24) is 30.0 Å². The van der Waals surface area contributed by atoms with E-state index in [1.165, 1.54) is 0 Å². The predicted molar refractivity (Wildman–Crippen MR) is 72.9 cm³/mol. The number of imidazole rings is 1. The van der Waals surface area contributed by atoms with E-state index in [9.17, 15) is 0 Å². The van der Waals surface area contributed by atoms with Crippen molar-refractivity contribution >= 4 is 0 Å². The van der Waals surface area contributed by atoms with Crippen molar-refractivity contribution in [1.29, 1.82) is 0 Å². The molecule has 3 rings (SSSR count). The Bertz CT molecular complexity index is 523. The molecule has 1 fully saturated rings. The van der Waals surface area contributed by atoms with Gasteiger partial charge >= 0.3 is 0 Å². The molecule has 2 N–H and O–H groups in total. The fraction of sp³-hybridized carbons (Fsp3) is 0.615. The lowest BCUT2D eigenvalue weighted by molar-refractivity contribution is -0.0377. The maximum Gasteiger partial charge on any atom is 0.180 e. The molecular formula is C13H20N6O. The van der Waals surface area contributed by atoms with Gasteiger partial charge in [-0.25, -0.2) is 9.97 Å². The monoisotopic (exact) mass is 276 g/mol. The van der Waals surface area contributed by atoms with E-state index in [0.717, 1.165) is 49.9 Å². The van der Waals surface area contributed by atoms with Crippen LogP contribution < -0.4 is 0 Å². The number of H-pyrrole nitrogens is 2. The molecule has 3 heterocycles. The molecule has 1 aliphatic rings.